The number of carboxylic acids is 1. The number of hydrogen-bond acceptors (Lipinski definition) is 9. The van der Waals surface area contributed by atoms with Crippen molar-refractivity contribution in [2.75, 3.05) is 19.8 Å². The summed E-state index contributed by atoms with van der Waals surface area (Å²) in [6.07, 6.45) is 0.602. The maximum atomic E-state index is 12.3. The van der Waals surface area contributed by atoms with Gasteiger partial charge < -0.3 is 29.9 Å². The van der Waals surface area contributed by atoms with Crippen molar-refractivity contribution in [3.63, 3.8) is 0 Å². The second kappa shape index (κ2) is 18.8. The van der Waals surface area contributed by atoms with Crippen LogP contribution >= 0.6 is 7.82 Å². The lowest BCUT2D eigenvalue weighted by molar-refractivity contribution is -0.143. The van der Waals surface area contributed by atoms with E-state index in [1.165, 1.54) is 11.1 Å². The van der Waals surface area contributed by atoms with Crippen LogP contribution in [0, 0.1) is 0 Å². The highest BCUT2D eigenvalue weighted by molar-refractivity contribution is 7.47. The molecule has 0 fully saturated rings. The molecule has 2 atom stereocenters. The van der Waals surface area contributed by atoms with Gasteiger partial charge >= 0.3 is 19.8 Å². The summed E-state index contributed by atoms with van der Waals surface area (Å²) >= 11 is 0. The third kappa shape index (κ3) is 11.9. The lowest BCUT2D eigenvalue weighted by atomic mass is 10.0. The molecule has 0 saturated heterocycles. The quantitative estimate of drug-likeness (QED) is 0.0432. The summed E-state index contributed by atoms with van der Waals surface area (Å²) in [5.41, 5.74) is 11.5. The van der Waals surface area contributed by atoms with E-state index in [4.69, 9.17) is 29.6 Å². The Labute approximate surface area is 302 Å². The van der Waals surface area contributed by atoms with E-state index < -0.39 is 32.4 Å². The smallest absolute Gasteiger partial charge is 0.472 e. The van der Waals surface area contributed by atoms with E-state index in [-0.39, 0.29) is 32.7 Å². The highest BCUT2D eigenvalue weighted by Gasteiger charge is 2.24. The number of esters is 1. The monoisotopic (exact) mass is 725 g/mol. The number of carbonyl (C=O) groups is 2. The Morgan fingerprint density at radius 2 is 1.35 bits per heavy atom. The lowest BCUT2D eigenvalue weighted by Gasteiger charge is -2.14. The van der Waals surface area contributed by atoms with Crippen molar-refractivity contribution in [3.05, 3.63) is 139 Å². The predicted molar refractivity (Wildman–Crippen MR) is 196 cm³/mol. The van der Waals surface area contributed by atoms with Crippen LogP contribution < -0.4 is 15.2 Å². The molecule has 270 valence electrons. The van der Waals surface area contributed by atoms with Crippen LogP contribution in [0.5, 0.6) is 17.2 Å². The summed E-state index contributed by atoms with van der Waals surface area (Å²) in [6, 6.07) is 40.4. The molecule has 11 nitrogen and oxygen atoms in total. The zero-order valence-electron chi connectivity index (χ0n) is 28.3. The zero-order chi connectivity index (χ0) is 36.8. The molecule has 0 spiro atoms. The molecule has 52 heavy (non-hydrogen) atoms. The van der Waals surface area contributed by atoms with Gasteiger partial charge in [0.25, 0.3) is 0 Å². The molecule has 0 aliphatic rings. The third-order valence-corrected chi connectivity index (χ3v) is 8.80. The van der Waals surface area contributed by atoms with E-state index >= 15 is 0 Å². The molecule has 0 aliphatic heterocycles. The minimum Gasteiger partial charge on any atom is -0.489 e. The van der Waals surface area contributed by atoms with Gasteiger partial charge in [0, 0.05) is 12.8 Å². The Kier molecular flexibility index (Phi) is 13.7. The van der Waals surface area contributed by atoms with Gasteiger partial charge in [-0.2, -0.15) is 0 Å². The fourth-order valence-corrected chi connectivity index (χ4v) is 5.85. The van der Waals surface area contributed by atoms with Crippen molar-refractivity contribution in [1.29, 1.82) is 0 Å². The molecule has 0 amide bonds. The van der Waals surface area contributed by atoms with E-state index in [0.29, 0.717) is 23.7 Å². The molecule has 0 radical (unpaired) electrons. The minimum atomic E-state index is -4.48. The molecular formula is C40H40NO10P. The number of phosphoric acid groups is 1. The molecular weight excluding hydrogens is 685 g/mol. The SMILES string of the molecule is N[C@@H](COP(=O)(O)OCCCOC(=O)CCc1ccccc1OCc1cccc(Oc2ccc(-c3ccc(-c4ccccc4)cc3)cc2)c1)C(=O)O. The summed E-state index contributed by atoms with van der Waals surface area (Å²) < 4.78 is 38.6. The van der Waals surface area contributed by atoms with E-state index in [1.807, 2.05) is 91.0 Å². The lowest BCUT2D eigenvalue weighted by Crippen LogP contribution is -2.34. The van der Waals surface area contributed by atoms with E-state index in [1.54, 1.807) is 0 Å². The topological polar surface area (TPSA) is 164 Å². The molecule has 1 unspecified atom stereocenters. The number of benzene rings is 5. The first-order valence-corrected chi connectivity index (χ1v) is 18.1. The minimum absolute atomic E-state index is 0.0445. The molecule has 5 rings (SSSR count). The molecule has 4 N–H and O–H groups in total. The molecule has 0 heterocycles. The molecule has 0 aliphatic carbocycles. The van der Waals surface area contributed by atoms with Crippen molar-refractivity contribution in [2.24, 2.45) is 5.73 Å². The number of carbonyl (C=O) groups excluding carboxylic acids is 1. The van der Waals surface area contributed by atoms with Gasteiger partial charge in [0.05, 0.1) is 19.8 Å². The number of para-hydroxylation sites is 1. The number of aliphatic carboxylic acids is 1. The second-order valence-electron chi connectivity index (χ2n) is 11.7. The van der Waals surface area contributed by atoms with Crippen LogP contribution in [-0.2, 0) is 41.0 Å². The molecule has 0 aromatic heterocycles. The van der Waals surface area contributed by atoms with E-state index in [2.05, 4.69) is 40.9 Å². The largest absolute Gasteiger partial charge is 0.489 e. The number of carboxylic acid groups (broad SMARTS) is 1. The van der Waals surface area contributed by atoms with Crippen LogP contribution in [0.2, 0.25) is 0 Å². The molecule has 12 heteroatoms. The standard InChI is InChI=1S/C40H40NO10P/c41-37(40(43)44)28-50-52(45,46)49-25-7-24-47-39(42)23-20-34-11-4-5-13-38(34)48-27-29-8-6-12-36(26-29)51-35-21-18-33(19-22-35)32-16-14-31(15-17-32)30-9-2-1-3-10-30/h1-6,8-19,21-22,26,37H,7,20,23-25,27-28,41H2,(H,43,44)(H,45,46)/t37-/m0/s1. The van der Waals surface area contributed by atoms with E-state index in [0.717, 1.165) is 22.3 Å². The molecule has 0 bridgehead atoms. The van der Waals surface area contributed by atoms with Gasteiger partial charge in [-0.15, -0.1) is 0 Å². The van der Waals surface area contributed by atoms with Gasteiger partial charge in [-0.25, -0.2) is 4.57 Å². The van der Waals surface area contributed by atoms with Crippen LogP contribution in [0.15, 0.2) is 127 Å². The number of ether oxygens (including phenoxy) is 3. The third-order valence-electron chi connectivity index (χ3n) is 7.82. The molecule has 5 aromatic rings. The maximum Gasteiger partial charge on any atom is 0.472 e. The van der Waals surface area contributed by atoms with Crippen LogP contribution in [0.1, 0.15) is 24.0 Å². The van der Waals surface area contributed by atoms with Gasteiger partial charge in [-0.3, -0.25) is 18.6 Å². The Morgan fingerprint density at radius 3 is 2.04 bits per heavy atom. The average molecular weight is 726 g/mol. The fourth-order valence-electron chi connectivity index (χ4n) is 5.07. The van der Waals surface area contributed by atoms with Crippen LogP contribution in [0.25, 0.3) is 22.3 Å². The van der Waals surface area contributed by atoms with Gasteiger partial charge in [0.2, 0.25) is 0 Å². The van der Waals surface area contributed by atoms with Gasteiger partial charge in [-0.05, 0) is 70.1 Å². The maximum absolute atomic E-state index is 12.3. The fraction of sp³-hybridized carbons (Fsp3) is 0.200. The summed E-state index contributed by atoms with van der Waals surface area (Å²) in [4.78, 5) is 32.6. The van der Waals surface area contributed by atoms with Gasteiger partial charge in [0.1, 0.15) is 29.9 Å². The van der Waals surface area contributed by atoms with Gasteiger partial charge in [-0.1, -0.05) is 97.1 Å². The zero-order valence-corrected chi connectivity index (χ0v) is 29.2. The molecule has 0 saturated carbocycles. The summed E-state index contributed by atoms with van der Waals surface area (Å²) in [5, 5.41) is 8.71. The van der Waals surface area contributed by atoms with Crippen LogP contribution in [-0.4, -0.2) is 47.8 Å². The number of phosphoric ester groups is 1. The summed E-state index contributed by atoms with van der Waals surface area (Å²) in [6.45, 7) is -0.690. The van der Waals surface area contributed by atoms with Crippen molar-refractivity contribution >= 4 is 19.8 Å². The Hall–Kier alpha value is -5.29. The van der Waals surface area contributed by atoms with Crippen molar-refractivity contribution < 1.29 is 47.4 Å². The highest BCUT2D eigenvalue weighted by atomic mass is 31.2. The second-order valence-corrected chi connectivity index (χ2v) is 13.2. The van der Waals surface area contributed by atoms with Gasteiger partial charge in [0.15, 0.2) is 0 Å². The Morgan fingerprint density at radius 1 is 0.712 bits per heavy atom. The Balaban J connectivity index is 1.05. The predicted octanol–water partition coefficient (Wildman–Crippen LogP) is 7.80. The average Bonchev–Trinajstić information content (AvgIpc) is 3.16. The summed E-state index contributed by atoms with van der Waals surface area (Å²) in [5.74, 6) is 0.206. The van der Waals surface area contributed by atoms with E-state index in [9.17, 15) is 19.0 Å². The van der Waals surface area contributed by atoms with Crippen LogP contribution in [0.4, 0.5) is 0 Å². The summed E-state index contributed by atoms with van der Waals surface area (Å²) in [7, 11) is -4.48. The van der Waals surface area contributed by atoms with Crippen molar-refractivity contribution in [1.82, 2.24) is 0 Å². The highest BCUT2D eigenvalue weighted by Crippen LogP contribution is 2.43. The first-order valence-electron chi connectivity index (χ1n) is 16.6. The first-order chi connectivity index (χ1) is 25.1. The number of hydrogen-bond donors (Lipinski definition) is 3. The first kappa shape index (κ1) is 38.0. The number of nitrogens with two attached hydrogens (primary N) is 1. The normalized spacial score (nSPS) is 12.7. The van der Waals surface area contributed by atoms with Crippen molar-refractivity contribution in [3.8, 4) is 39.5 Å². The number of aryl methyl sites for hydroxylation is 1. The molecule has 5 aromatic carbocycles. The Bertz CT molecular complexity index is 1950. The van der Waals surface area contributed by atoms with Crippen LogP contribution in [0.3, 0.4) is 0 Å². The van der Waals surface area contributed by atoms with Crippen molar-refractivity contribution in [2.45, 2.75) is 31.9 Å². The number of rotatable bonds is 19.